The molecule has 30 heavy (non-hydrogen) atoms. The molecule has 3 rings (SSSR count). The quantitative estimate of drug-likeness (QED) is 0.657. The van der Waals surface area contributed by atoms with Crippen LogP contribution in [0.25, 0.3) is 0 Å². The normalized spacial score (nSPS) is 18.4. The average molecular weight is 448 g/mol. The van der Waals surface area contributed by atoms with E-state index in [0.717, 1.165) is 4.68 Å². The van der Waals surface area contributed by atoms with Crippen molar-refractivity contribution >= 4 is 29.1 Å². The van der Waals surface area contributed by atoms with Crippen molar-refractivity contribution in [2.45, 2.75) is 44.6 Å². The van der Waals surface area contributed by atoms with Crippen molar-refractivity contribution in [1.29, 1.82) is 0 Å². The summed E-state index contributed by atoms with van der Waals surface area (Å²) < 4.78 is 55.8. The van der Waals surface area contributed by atoms with Crippen molar-refractivity contribution in [3.8, 4) is 0 Å². The first-order chi connectivity index (χ1) is 13.9. The van der Waals surface area contributed by atoms with Crippen LogP contribution in [0.4, 0.5) is 23.2 Å². The van der Waals surface area contributed by atoms with Gasteiger partial charge < -0.3 is 11.1 Å². The monoisotopic (exact) mass is 447 g/mol. The Morgan fingerprint density at radius 3 is 2.70 bits per heavy atom. The molecule has 1 fully saturated rings. The number of pyridine rings is 1. The number of carbonyl (C=O) groups is 2. The van der Waals surface area contributed by atoms with E-state index in [1.807, 2.05) is 0 Å². The fourth-order valence-electron chi connectivity index (χ4n) is 3.35. The molecule has 2 heterocycles. The number of halogens is 5. The van der Waals surface area contributed by atoms with E-state index in [2.05, 4.69) is 15.4 Å². The number of aromatic nitrogens is 3. The summed E-state index contributed by atoms with van der Waals surface area (Å²) in [7, 11) is 0. The molecule has 1 aliphatic rings. The van der Waals surface area contributed by atoms with Crippen LogP contribution < -0.4 is 11.1 Å². The van der Waals surface area contributed by atoms with Crippen molar-refractivity contribution in [2.24, 2.45) is 11.7 Å². The van der Waals surface area contributed by atoms with E-state index in [1.165, 1.54) is 18.3 Å². The highest BCUT2D eigenvalue weighted by atomic mass is 35.5. The predicted molar refractivity (Wildman–Crippen MR) is 99.8 cm³/mol. The van der Waals surface area contributed by atoms with Gasteiger partial charge in [0, 0.05) is 38.2 Å². The second kappa shape index (κ2) is 7.86. The summed E-state index contributed by atoms with van der Waals surface area (Å²) in [6, 6.07) is 2.55. The van der Waals surface area contributed by atoms with Crippen LogP contribution in [0.15, 0.2) is 18.3 Å². The second-order valence-electron chi connectivity index (χ2n) is 7.29. The number of nitrogens with zero attached hydrogens (tertiary/aromatic N) is 3. The van der Waals surface area contributed by atoms with Gasteiger partial charge in [-0.25, -0.2) is 8.78 Å². The third kappa shape index (κ3) is 4.72. The van der Waals surface area contributed by atoms with Crippen molar-refractivity contribution in [3.05, 3.63) is 40.4 Å². The summed E-state index contributed by atoms with van der Waals surface area (Å²) in [5, 5.41) is 5.58. The predicted octanol–water partition coefficient (Wildman–Crippen LogP) is 3.83. The molecular weight excluding hydrogens is 430 g/mol. The van der Waals surface area contributed by atoms with Gasteiger partial charge in [-0.3, -0.25) is 19.3 Å². The molecule has 3 N–H and O–H groups in total. The lowest BCUT2D eigenvalue weighted by atomic mass is 10.1. The topological polar surface area (TPSA) is 103 Å². The minimum atomic E-state index is -3.45. The van der Waals surface area contributed by atoms with E-state index in [4.69, 9.17) is 17.3 Å². The fourth-order valence-corrected chi connectivity index (χ4v) is 3.73. The minimum Gasteiger partial charge on any atom is -0.364 e. The zero-order chi connectivity index (χ0) is 22.3. The van der Waals surface area contributed by atoms with Gasteiger partial charge in [-0.2, -0.15) is 13.9 Å². The molecule has 2 amide bonds. The Balaban J connectivity index is 1.93. The molecule has 2 aromatic rings. The van der Waals surface area contributed by atoms with Crippen LogP contribution in [-0.2, 0) is 12.5 Å². The number of amides is 2. The van der Waals surface area contributed by atoms with Crippen LogP contribution in [0.1, 0.15) is 52.9 Å². The lowest BCUT2D eigenvalue weighted by Gasteiger charge is -2.13. The van der Waals surface area contributed by atoms with Gasteiger partial charge in [0.05, 0.1) is 0 Å². The van der Waals surface area contributed by atoms with Crippen LogP contribution in [0.2, 0.25) is 5.02 Å². The number of anilines is 1. The highest BCUT2D eigenvalue weighted by Crippen LogP contribution is 2.41. The molecule has 1 unspecified atom stereocenters. The largest absolute Gasteiger partial charge is 0.364 e. The van der Waals surface area contributed by atoms with Crippen molar-refractivity contribution in [1.82, 2.24) is 14.8 Å². The first-order valence-electron chi connectivity index (χ1n) is 8.97. The third-order valence-electron chi connectivity index (χ3n) is 4.73. The molecule has 0 aromatic carbocycles. The molecule has 162 valence electrons. The summed E-state index contributed by atoms with van der Waals surface area (Å²) in [4.78, 5) is 27.8. The van der Waals surface area contributed by atoms with Crippen LogP contribution in [-0.4, -0.2) is 32.5 Å². The first-order valence-corrected chi connectivity index (χ1v) is 9.35. The molecule has 12 heteroatoms. The molecule has 1 atom stereocenters. The zero-order valence-corrected chi connectivity index (χ0v) is 16.5. The van der Waals surface area contributed by atoms with E-state index in [1.54, 1.807) is 0 Å². The first kappa shape index (κ1) is 22.0. The Labute approximate surface area is 173 Å². The van der Waals surface area contributed by atoms with Gasteiger partial charge in [0.1, 0.15) is 16.4 Å². The van der Waals surface area contributed by atoms with Gasteiger partial charge in [0.25, 0.3) is 17.7 Å². The number of carbonyl (C=O) groups excluding carboxylic acids is 2. The molecule has 0 aliphatic heterocycles. The minimum absolute atomic E-state index is 0.116. The smallest absolute Gasteiger partial charge is 0.290 e. The molecule has 0 bridgehead atoms. The van der Waals surface area contributed by atoms with Crippen LogP contribution in [0.3, 0.4) is 0 Å². The van der Waals surface area contributed by atoms with Gasteiger partial charge >= 0.3 is 0 Å². The maximum Gasteiger partial charge on any atom is 0.290 e. The Morgan fingerprint density at radius 2 is 2.13 bits per heavy atom. The Hall–Kier alpha value is -2.69. The maximum atomic E-state index is 13.9. The van der Waals surface area contributed by atoms with E-state index >= 15 is 0 Å². The number of hydrogen-bond acceptors (Lipinski definition) is 4. The van der Waals surface area contributed by atoms with Crippen LogP contribution >= 0.6 is 11.6 Å². The van der Waals surface area contributed by atoms with Gasteiger partial charge in [-0.1, -0.05) is 11.6 Å². The van der Waals surface area contributed by atoms with E-state index < -0.39 is 46.7 Å². The molecule has 0 saturated heterocycles. The second-order valence-corrected chi connectivity index (χ2v) is 7.67. The summed E-state index contributed by atoms with van der Waals surface area (Å²) in [5.74, 6) is -8.57. The molecule has 7 nitrogen and oxygen atoms in total. The van der Waals surface area contributed by atoms with Crippen molar-refractivity contribution < 1.29 is 27.2 Å². The number of hydrogen-bond donors (Lipinski definition) is 2. The zero-order valence-electron chi connectivity index (χ0n) is 15.8. The Morgan fingerprint density at radius 1 is 1.43 bits per heavy atom. The third-order valence-corrected chi connectivity index (χ3v) is 5.09. The SMILES string of the molecule is CC(F)(F)c1nn(CC2CCC(F)(F)C2)c(C(=O)Nc2ccnc(C(N)=O)c2)c1Cl. The lowest BCUT2D eigenvalue weighted by molar-refractivity contribution is 0.00350. The number of nitrogens with one attached hydrogen (secondary N) is 1. The molecule has 0 radical (unpaired) electrons. The Bertz CT molecular complexity index is 989. The molecule has 1 saturated carbocycles. The molecular formula is C18H18ClF4N5O2. The molecule has 1 aliphatic carbocycles. The Kier molecular flexibility index (Phi) is 5.76. The van der Waals surface area contributed by atoms with E-state index in [9.17, 15) is 27.2 Å². The highest BCUT2D eigenvalue weighted by Gasteiger charge is 2.41. The number of primary amides is 1. The number of nitrogens with two attached hydrogens (primary N) is 1. The summed E-state index contributed by atoms with van der Waals surface area (Å²) in [6.07, 6.45) is 0.629. The molecule has 2 aromatic heterocycles. The number of alkyl halides is 4. The average Bonchev–Trinajstić information content (AvgIpc) is 3.14. The van der Waals surface area contributed by atoms with E-state index in [0.29, 0.717) is 6.92 Å². The summed E-state index contributed by atoms with van der Waals surface area (Å²) in [5.41, 5.74) is 3.92. The van der Waals surface area contributed by atoms with Gasteiger partial charge in [-0.15, -0.1) is 0 Å². The van der Waals surface area contributed by atoms with Crippen molar-refractivity contribution in [3.63, 3.8) is 0 Å². The summed E-state index contributed by atoms with van der Waals surface area (Å²) in [6.45, 7) is 0.399. The van der Waals surface area contributed by atoms with Crippen LogP contribution in [0.5, 0.6) is 0 Å². The maximum absolute atomic E-state index is 13.9. The standard InChI is InChI=1S/C18H18ClF4N5O2/c1-17(20,21)14-12(19)13(28(27-14)8-9-2-4-18(22,23)7-9)16(30)26-10-3-5-25-11(6-10)15(24)29/h3,5-6,9H,2,4,7-8H2,1H3,(H2,24,29)(H,25,26,30). The fraction of sp³-hybridized carbons (Fsp3) is 0.444. The number of rotatable bonds is 6. The van der Waals surface area contributed by atoms with E-state index in [-0.39, 0.29) is 36.5 Å². The highest BCUT2D eigenvalue weighted by molar-refractivity contribution is 6.34. The lowest BCUT2D eigenvalue weighted by Crippen LogP contribution is -2.22. The van der Waals surface area contributed by atoms with Gasteiger partial charge in [-0.05, 0) is 24.5 Å². The molecule has 0 spiro atoms. The van der Waals surface area contributed by atoms with Gasteiger partial charge in [0.15, 0.2) is 5.69 Å². The van der Waals surface area contributed by atoms with Crippen molar-refractivity contribution in [2.75, 3.05) is 5.32 Å². The van der Waals surface area contributed by atoms with Crippen LogP contribution in [0, 0.1) is 5.92 Å². The summed E-state index contributed by atoms with van der Waals surface area (Å²) >= 11 is 6.04. The van der Waals surface area contributed by atoms with Gasteiger partial charge in [0.2, 0.25) is 5.92 Å².